The van der Waals surface area contributed by atoms with Crippen molar-refractivity contribution >= 4 is 23.5 Å². The number of nitrogens with one attached hydrogen (secondary N) is 2. The number of hydrogen-bond acceptors (Lipinski definition) is 7. The van der Waals surface area contributed by atoms with Crippen molar-refractivity contribution in [1.29, 1.82) is 0 Å². The highest BCUT2D eigenvalue weighted by molar-refractivity contribution is 5.90. The predicted octanol–water partition coefficient (Wildman–Crippen LogP) is 1.66. The number of aryl methyl sites for hydroxylation is 1. The lowest BCUT2D eigenvalue weighted by Crippen LogP contribution is -2.62. The number of nitrogens with zero attached hydrogens (tertiary/aromatic N) is 2. The van der Waals surface area contributed by atoms with Crippen LogP contribution in [-0.4, -0.2) is 67.6 Å². The van der Waals surface area contributed by atoms with E-state index in [0.717, 1.165) is 11.3 Å². The van der Waals surface area contributed by atoms with E-state index >= 15 is 0 Å². The summed E-state index contributed by atoms with van der Waals surface area (Å²) in [4.78, 5) is 46.4. The Balaban J connectivity index is 1.42. The maximum absolute atomic E-state index is 13.5. The molecule has 4 rings (SSSR count). The summed E-state index contributed by atoms with van der Waals surface area (Å²) in [6, 6.07) is 17.1. The van der Waals surface area contributed by atoms with Crippen molar-refractivity contribution in [3.63, 3.8) is 0 Å². The highest BCUT2D eigenvalue weighted by atomic mass is 16.7. The molecular weight excluding hydrogens is 448 g/mol. The summed E-state index contributed by atoms with van der Waals surface area (Å²) in [5.74, 6) is -1.33. The zero-order valence-corrected chi connectivity index (χ0v) is 20.1. The molecule has 0 spiro atoms. The molecule has 186 valence electrons. The van der Waals surface area contributed by atoms with Gasteiger partial charge < -0.3 is 24.7 Å². The quantitative estimate of drug-likeness (QED) is 0.628. The minimum absolute atomic E-state index is 0.130. The average molecular weight is 481 g/mol. The van der Waals surface area contributed by atoms with Gasteiger partial charge in [-0.15, -0.1) is 0 Å². The Labute approximate surface area is 205 Å². The lowest BCUT2D eigenvalue weighted by atomic mass is 9.87. The number of benzene rings is 2. The molecule has 35 heavy (non-hydrogen) atoms. The number of ether oxygens (including phenoxy) is 1. The van der Waals surface area contributed by atoms with Crippen LogP contribution in [0.15, 0.2) is 54.6 Å². The number of piperidine rings is 1. The van der Waals surface area contributed by atoms with Gasteiger partial charge in [0.15, 0.2) is 0 Å². The molecule has 3 atom stereocenters. The highest BCUT2D eigenvalue weighted by Gasteiger charge is 2.42. The number of hydroxylamine groups is 1. The van der Waals surface area contributed by atoms with Gasteiger partial charge >= 0.3 is 5.97 Å². The first-order chi connectivity index (χ1) is 16.9. The Bertz CT molecular complexity index is 1040. The summed E-state index contributed by atoms with van der Waals surface area (Å²) < 4.78 is 6.10. The molecule has 2 saturated heterocycles. The number of amides is 2. The van der Waals surface area contributed by atoms with E-state index in [4.69, 9.17) is 9.57 Å². The third-order valence-corrected chi connectivity index (χ3v) is 6.39. The molecule has 2 aromatic carbocycles. The van der Waals surface area contributed by atoms with Crippen molar-refractivity contribution in [3.8, 4) is 5.75 Å². The number of carbonyl (C=O) groups is 3. The van der Waals surface area contributed by atoms with Crippen LogP contribution in [0.3, 0.4) is 0 Å². The zero-order chi connectivity index (χ0) is 24.8. The zero-order valence-electron chi connectivity index (χ0n) is 20.1. The predicted molar refractivity (Wildman–Crippen MR) is 131 cm³/mol. The second-order valence-electron chi connectivity index (χ2n) is 8.99. The van der Waals surface area contributed by atoms with E-state index in [1.807, 2.05) is 49.4 Å². The minimum Gasteiger partial charge on any atom is -0.489 e. The van der Waals surface area contributed by atoms with E-state index in [9.17, 15) is 14.4 Å². The van der Waals surface area contributed by atoms with Crippen LogP contribution < -0.4 is 20.4 Å². The fraction of sp³-hybridized carbons (Fsp3) is 0.423. The van der Waals surface area contributed by atoms with Crippen molar-refractivity contribution < 1.29 is 24.0 Å². The third kappa shape index (κ3) is 6.30. The molecule has 3 unspecified atom stereocenters. The van der Waals surface area contributed by atoms with Gasteiger partial charge in [0.2, 0.25) is 5.91 Å². The van der Waals surface area contributed by atoms with Crippen LogP contribution in [0.25, 0.3) is 0 Å². The van der Waals surface area contributed by atoms with Crippen molar-refractivity contribution in [3.05, 3.63) is 60.2 Å². The smallest absolute Gasteiger partial charge is 0.329 e. The molecule has 2 fully saturated rings. The molecule has 9 nitrogen and oxygen atoms in total. The maximum atomic E-state index is 13.5. The van der Waals surface area contributed by atoms with Gasteiger partial charge in [-0.25, -0.2) is 0 Å². The van der Waals surface area contributed by atoms with Crippen molar-refractivity contribution in [2.75, 3.05) is 37.6 Å². The number of piperazine rings is 1. The van der Waals surface area contributed by atoms with Crippen LogP contribution in [0.5, 0.6) is 5.75 Å². The molecule has 0 radical (unpaired) electrons. The molecule has 2 N–H and O–H groups in total. The lowest BCUT2D eigenvalue weighted by molar-refractivity contribution is -0.160. The number of hydrogen-bond donors (Lipinski definition) is 2. The standard InChI is InChI=1S/C26H32N4O5/c1-18-7-6-10-21(15-18)34-22-16-23(25(32)28-35-19(2)31)24(27-17-22)26(33)30-13-11-29(12-14-30)20-8-4-3-5-9-20/h3-10,15,22-24,27H,11-14,16-17H2,1-2H3,(H,28,32). The second-order valence-corrected chi connectivity index (χ2v) is 8.99. The summed E-state index contributed by atoms with van der Waals surface area (Å²) in [6.07, 6.45) is -0.00196. The first kappa shape index (κ1) is 24.5. The van der Waals surface area contributed by atoms with Gasteiger partial charge in [0, 0.05) is 45.3 Å². The van der Waals surface area contributed by atoms with Crippen LogP contribution in [0.4, 0.5) is 5.69 Å². The monoisotopic (exact) mass is 480 g/mol. The Morgan fingerprint density at radius 3 is 2.43 bits per heavy atom. The number of para-hydroxylation sites is 1. The topological polar surface area (TPSA) is 100 Å². The van der Waals surface area contributed by atoms with Crippen LogP contribution in [-0.2, 0) is 19.2 Å². The molecule has 2 heterocycles. The first-order valence-corrected chi connectivity index (χ1v) is 11.9. The van der Waals surface area contributed by atoms with Gasteiger partial charge in [0.1, 0.15) is 11.9 Å². The molecular formula is C26H32N4O5. The Kier molecular flexibility index (Phi) is 7.87. The number of anilines is 1. The van der Waals surface area contributed by atoms with E-state index in [0.29, 0.717) is 44.9 Å². The molecule has 0 bridgehead atoms. The first-order valence-electron chi connectivity index (χ1n) is 11.9. The maximum Gasteiger partial charge on any atom is 0.329 e. The van der Waals surface area contributed by atoms with Crippen molar-refractivity contribution in [2.45, 2.75) is 32.4 Å². The fourth-order valence-corrected chi connectivity index (χ4v) is 4.61. The Hall–Kier alpha value is -3.59. The normalized spacial score (nSPS) is 22.3. The van der Waals surface area contributed by atoms with E-state index in [1.54, 1.807) is 4.90 Å². The molecule has 2 aliphatic heterocycles. The van der Waals surface area contributed by atoms with Gasteiger partial charge in [0.25, 0.3) is 5.91 Å². The van der Waals surface area contributed by atoms with E-state index < -0.39 is 23.8 Å². The molecule has 0 aromatic heterocycles. The van der Waals surface area contributed by atoms with E-state index in [-0.39, 0.29) is 12.0 Å². The van der Waals surface area contributed by atoms with Gasteiger partial charge in [-0.1, -0.05) is 30.3 Å². The summed E-state index contributed by atoms with van der Waals surface area (Å²) >= 11 is 0. The van der Waals surface area contributed by atoms with Crippen LogP contribution in [0.2, 0.25) is 0 Å². The fourth-order valence-electron chi connectivity index (χ4n) is 4.61. The average Bonchev–Trinajstić information content (AvgIpc) is 2.87. The van der Waals surface area contributed by atoms with Crippen LogP contribution in [0, 0.1) is 12.8 Å². The summed E-state index contributed by atoms with van der Waals surface area (Å²) in [5.41, 5.74) is 4.40. The number of carbonyl (C=O) groups excluding carboxylic acids is 3. The van der Waals surface area contributed by atoms with Gasteiger partial charge in [-0.3, -0.25) is 14.4 Å². The lowest BCUT2D eigenvalue weighted by Gasteiger charge is -2.41. The number of rotatable bonds is 5. The Morgan fingerprint density at radius 1 is 1.00 bits per heavy atom. The summed E-state index contributed by atoms with van der Waals surface area (Å²) in [7, 11) is 0. The summed E-state index contributed by atoms with van der Waals surface area (Å²) in [5, 5.41) is 3.23. The van der Waals surface area contributed by atoms with Gasteiger partial charge in [0.05, 0.1) is 12.0 Å². The van der Waals surface area contributed by atoms with E-state index in [2.05, 4.69) is 27.8 Å². The second kappa shape index (κ2) is 11.2. The SMILES string of the molecule is CC(=O)ONC(=O)C1CC(Oc2cccc(C)c2)CNC1C(=O)N1CCN(c2ccccc2)CC1. The van der Waals surface area contributed by atoms with Gasteiger partial charge in [-0.05, 0) is 43.2 Å². The Morgan fingerprint density at radius 2 is 1.74 bits per heavy atom. The molecule has 0 saturated carbocycles. The van der Waals surface area contributed by atoms with Gasteiger partial charge in [-0.2, -0.15) is 5.48 Å². The van der Waals surface area contributed by atoms with Crippen LogP contribution >= 0.6 is 0 Å². The largest absolute Gasteiger partial charge is 0.489 e. The molecule has 0 aliphatic carbocycles. The molecule has 2 amide bonds. The van der Waals surface area contributed by atoms with Crippen LogP contribution in [0.1, 0.15) is 18.9 Å². The van der Waals surface area contributed by atoms with Crippen molar-refractivity contribution in [1.82, 2.24) is 15.7 Å². The minimum atomic E-state index is -0.752. The van der Waals surface area contributed by atoms with E-state index in [1.165, 1.54) is 6.92 Å². The highest BCUT2D eigenvalue weighted by Crippen LogP contribution is 2.25. The molecule has 9 heteroatoms. The third-order valence-electron chi connectivity index (χ3n) is 6.39. The summed E-state index contributed by atoms with van der Waals surface area (Å²) in [6.45, 7) is 6.16. The van der Waals surface area contributed by atoms with Crippen molar-refractivity contribution in [2.24, 2.45) is 5.92 Å². The molecule has 2 aromatic rings. The molecule has 2 aliphatic rings.